The third-order valence-electron chi connectivity index (χ3n) is 2.66. The normalized spacial score (nSPS) is 11.9. The van der Waals surface area contributed by atoms with Crippen molar-refractivity contribution in [2.45, 2.75) is 26.3 Å². The largest absolute Gasteiger partial charge is 0.480 e. The molecule has 0 fully saturated rings. The van der Waals surface area contributed by atoms with Crippen LogP contribution in [0.25, 0.3) is 0 Å². The van der Waals surface area contributed by atoms with Gasteiger partial charge in [-0.25, -0.2) is 4.98 Å². The Morgan fingerprint density at radius 3 is 2.61 bits per heavy atom. The molecule has 0 saturated carbocycles. The fourth-order valence-corrected chi connectivity index (χ4v) is 1.46. The highest BCUT2D eigenvalue weighted by Crippen LogP contribution is 2.10. The Bertz CT molecular complexity index is 433. The Labute approximate surface area is 104 Å². The van der Waals surface area contributed by atoms with Crippen LogP contribution in [0, 0.1) is 5.95 Å². The molecule has 1 rings (SSSR count). The van der Waals surface area contributed by atoms with Gasteiger partial charge in [-0.2, -0.15) is 4.39 Å². The summed E-state index contributed by atoms with van der Waals surface area (Å²) in [5, 5.41) is 8.80. The van der Waals surface area contributed by atoms with E-state index in [4.69, 9.17) is 5.11 Å². The number of nitrogens with zero attached hydrogens (tertiary/aromatic N) is 2. The minimum atomic E-state index is -1.08. The Kier molecular flexibility index (Phi) is 4.76. The first-order chi connectivity index (χ1) is 8.45. The van der Waals surface area contributed by atoms with Crippen LogP contribution in [0.2, 0.25) is 0 Å². The van der Waals surface area contributed by atoms with Crippen molar-refractivity contribution in [2.75, 3.05) is 6.54 Å². The molecule has 6 heteroatoms. The summed E-state index contributed by atoms with van der Waals surface area (Å²) < 4.78 is 12.7. The molecular formula is C12H15FN2O3. The van der Waals surface area contributed by atoms with Crippen LogP contribution in [-0.2, 0) is 4.79 Å². The van der Waals surface area contributed by atoms with Crippen molar-refractivity contribution in [3.8, 4) is 0 Å². The highest BCUT2D eigenvalue weighted by atomic mass is 19.1. The molecule has 0 spiro atoms. The van der Waals surface area contributed by atoms with Gasteiger partial charge < -0.3 is 10.0 Å². The molecule has 1 heterocycles. The minimum Gasteiger partial charge on any atom is -0.480 e. The molecule has 1 N–H and O–H groups in total. The number of carbonyl (C=O) groups is 2. The topological polar surface area (TPSA) is 70.5 Å². The molecule has 0 radical (unpaired) electrons. The van der Waals surface area contributed by atoms with Crippen molar-refractivity contribution < 1.29 is 19.1 Å². The summed E-state index contributed by atoms with van der Waals surface area (Å²) in [6.45, 7) is 3.23. The summed E-state index contributed by atoms with van der Waals surface area (Å²) >= 11 is 0. The standard InChI is InChI=1S/C12H15FN2O3/c1-3-8(2)15(7-11(16)17)12(18)9-4-5-10(13)14-6-9/h4-6,8H,3,7H2,1-2H3,(H,16,17). The molecule has 5 nitrogen and oxygen atoms in total. The van der Waals surface area contributed by atoms with E-state index in [1.54, 1.807) is 6.92 Å². The molecule has 0 aromatic carbocycles. The van der Waals surface area contributed by atoms with Gasteiger partial charge in [-0.1, -0.05) is 6.92 Å². The van der Waals surface area contributed by atoms with Gasteiger partial charge in [-0.15, -0.1) is 0 Å². The Balaban J connectivity index is 2.94. The summed E-state index contributed by atoms with van der Waals surface area (Å²) in [4.78, 5) is 27.5. The van der Waals surface area contributed by atoms with E-state index in [1.807, 2.05) is 6.92 Å². The maximum Gasteiger partial charge on any atom is 0.323 e. The molecule has 1 aromatic heterocycles. The first-order valence-corrected chi connectivity index (χ1v) is 5.60. The van der Waals surface area contributed by atoms with Crippen LogP contribution in [0.4, 0.5) is 4.39 Å². The average molecular weight is 254 g/mol. The predicted octanol–water partition coefficient (Wildman–Crippen LogP) is 1.55. The molecule has 1 aromatic rings. The summed E-state index contributed by atoms with van der Waals surface area (Å²) in [5.41, 5.74) is 0.179. The number of aliphatic carboxylic acids is 1. The first kappa shape index (κ1) is 14.1. The second kappa shape index (κ2) is 6.09. The Morgan fingerprint density at radius 2 is 2.17 bits per heavy atom. The maximum absolute atomic E-state index is 12.7. The predicted molar refractivity (Wildman–Crippen MR) is 62.6 cm³/mol. The number of aromatic nitrogens is 1. The lowest BCUT2D eigenvalue weighted by atomic mass is 10.1. The fourth-order valence-electron chi connectivity index (χ4n) is 1.46. The van der Waals surface area contributed by atoms with Crippen LogP contribution >= 0.6 is 0 Å². The number of halogens is 1. The highest BCUT2D eigenvalue weighted by Gasteiger charge is 2.23. The van der Waals surface area contributed by atoms with Gasteiger partial charge in [0.1, 0.15) is 6.54 Å². The van der Waals surface area contributed by atoms with Crippen LogP contribution < -0.4 is 0 Å². The second-order valence-electron chi connectivity index (χ2n) is 3.95. The van der Waals surface area contributed by atoms with Crippen molar-refractivity contribution in [1.82, 2.24) is 9.88 Å². The van der Waals surface area contributed by atoms with Crippen molar-refractivity contribution in [1.29, 1.82) is 0 Å². The summed E-state index contributed by atoms with van der Waals surface area (Å²) in [6, 6.07) is 2.16. The van der Waals surface area contributed by atoms with E-state index in [2.05, 4.69) is 4.98 Å². The molecule has 0 bridgehead atoms. The number of hydrogen-bond donors (Lipinski definition) is 1. The number of carbonyl (C=O) groups excluding carboxylic acids is 1. The Hall–Kier alpha value is -1.98. The van der Waals surface area contributed by atoms with Crippen LogP contribution in [0.15, 0.2) is 18.3 Å². The van der Waals surface area contributed by atoms with E-state index in [0.717, 1.165) is 12.3 Å². The summed E-state index contributed by atoms with van der Waals surface area (Å²) in [6.07, 6.45) is 1.74. The monoisotopic (exact) mass is 254 g/mol. The quantitative estimate of drug-likeness (QED) is 0.809. The van der Waals surface area contributed by atoms with Crippen molar-refractivity contribution in [3.63, 3.8) is 0 Å². The molecule has 98 valence electrons. The van der Waals surface area contributed by atoms with E-state index < -0.39 is 17.8 Å². The van der Waals surface area contributed by atoms with Gasteiger partial charge in [0.15, 0.2) is 0 Å². The van der Waals surface area contributed by atoms with E-state index in [1.165, 1.54) is 11.0 Å². The van der Waals surface area contributed by atoms with Crippen LogP contribution in [-0.4, -0.2) is 39.5 Å². The number of carboxylic acids is 1. The third kappa shape index (κ3) is 3.51. The molecule has 0 saturated heterocycles. The van der Waals surface area contributed by atoms with Gasteiger partial charge in [-0.05, 0) is 25.5 Å². The van der Waals surface area contributed by atoms with Gasteiger partial charge >= 0.3 is 5.97 Å². The van der Waals surface area contributed by atoms with E-state index >= 15 is 0 Å². The number of hydrogen-bond acceptors (Lipinski definition) is 3. The van der Waals surface area contributed by atoms with Gasteiger partial charge in [-0.3, -0.25) is 9.59 Å². The van der Waals surface area contributed by atoms with Crippen molar-refractivity contribution in [3.05, 3.63) is 29.8 Å². The SMILES string of the molecule is CCC(C)N(CC(=O)O)C(=O)c1ccc(F)nc1. The maximum atomic E-state index is 12.7. The third-order valence-corrected chi connectivity index (χ3v) is 2.66. The van der Waals surface area contributed by atoms with Crippen LogP contribution in [0.5, 0.6) is 0 Å². The van der Waals surface area contributed by atoms with Gasteiger partial charge in [0.25, 0.3) is 5.91 Å². The van der Waals surface area contributed by atoms with E-state index in [-0.39, 0.29) is 18.2 Å². The smallest absolute Gasteiger partial charge is 0.323 e. The lowest BCUT2D eigenvalue weighted by Crippen LogP contribution is -2.41. The zero-order valence-electron chi connectivity index (χ0n) is 10.3. The summed E-state index contributed by atoms with van der Waals surface area (Å²) in [5.74, 6) is -2.22. The average Bonchev–Trinajstić information content (AvgIpc) is 2.35. The van der Waals surface area contributed by atoms with Gasteiger partial charge in [0, 0.05) is 12.2 Å². The van der Waals surface area contributed by atoms with E-state index in [9.17, 15) is 14.0 Å². The zero-order chi connectivity index (χ0) is 13.7. The van der Waals surface area contributed by atoms with Crippen molar-refractivity contribution >= 4 is 11.9 Å². The molecule has 0 aliphatic carbocycles. The number of rotatable bonds is 5. The fraction of sp³-hybridized carbons (Fsp3) is 0.417. The molecule has 0 aliphatic heterocycles. The Morgan fingerprint density at radius 1 is 1.50 bits per heavy atom. The van der Waals surface area contributed by atoms with Crippen LogP contribution in [0.1, 0.15) is 30.6 Å². The molecule has 1 unspecified atom stereocenters. The molecule has 0 aliphatic rings. The lowest BCUT2D eigenvalue weighted by molar-refractivity contribution is -0.138. The molecule has 1 amide bonds. The molecular weight excluding hydrogens is 239 g/mol. The lowest BCUT2D eigenvalue weighted by Gasteiger charge is -2.26. The molecule has 18 heavy (non-hydrogen) atoms. The second-order valence-corrected chi connectivity index (χ2v) is 3.95. The molecule has 1 atom stereocenters. The minimum absolute atomic E-state index is 0.179. The first-order valence-electron chi connectivity index (χ1n) is 5.60. The van der Waals surface area contributed by atoms with Gasteiger partial charge in [0.05, 0.1) is 5.56 Å². The van der Waals surface area contributed by atoms with Crippen LogP contribution in [0.3, 0.4) is 0 Å². The number of amides is 1. The van der Waals surface area contributed by atoms with Crippen molar-refractivity contribution in [2.24, 2.45) is 0 Å². The zero-order valence-corrected chi connectivity index (χ0v) is 10.3. The number of pyridine rings is 1. The summed E-state index contributed by atoms with van der Waals surface area (Å²) in [7, 11) is 0. The highest BCUT2D eigenvalue weighted by molar-refractivity contribution is 5.95. The van der Waals surface area contributed by atoms with Gasteiger partial charge in [0.2, 0.25) is 5.95 Å². The number of carboxylic acid groups (broad SMARTS) is 1. The van der Waals surface area contributed by atoms with E-state index in [0.29, 0.717) is 6.42 Å².